The van der Waals surface area contributed by atoms with Gasteiger partial charge in [0, 0.05) is 44.9 Å². The molecule has 2 rings (SSSR count). The Morgan fingerprint density at radius 3 is 2.42 bits per heavy atom. The Balaban J connectivity index is 2.00. The maximum absolute atomic E-state index is 12.5. The van der Waals surface area contributed by atoms with Gasteiger partial charge < -0.3 is 19.7 Å². The molecule has 1 N–H and O–H groups in total. The van der Waals surface area contributed by atoms with Crippen molar-refractivity contribution in [2.75, 3.05) is 53.0 Å². The number of nitrogens with one attached hydrogen (secondary N) is 1. The van der Waals surface area contributed by atoms with E-state index >= 15 is 0 Å². The largest absolute Gasteiger partial charge is 0.465 e. The van der Waals surface area contributed by atoms with Crippen LogP contribution in [0.5, 0.6) is 0 Å². The van der Waals surface area contributed by atoms with Crippen LogP contribution in [0.25, 0.3) is 0 Å². The molecule has 1 aromatic rings. The summed E-state index contributed by atoms with van der Waals surface area (Å²) in [7, 11) is 1.59. The second kappa shape index (κ2) is 10.4. The normalized spacial score (nSPS) is 16.2. The summed E-state index contributed by atoms with van der Waals surface area (Å²) in [6, 6.07) is 6.61. The fraction of sp³-hybridized carbons (Fsp3) is 0.556. The fourth-order valence-corrected chi connectivity index (χ4v) is 3.04. The number of hydrogen-bond acceptors (Lipinski definition) is 5. The molecule has 7 nitrogen and oxygen atoms in total. The van der Waals surface area contributed by atoms with Crippen LogP contribution in [-0.2, 0) is 14.3 Å². The predicted molar refractivity (Wildman–Crippen MR) is 99.2 cm³/mol. The second-order valence-corrected chi connectivity index (χ2v) is 6.39. The number of carbonyl (C=O) groups excluding carboxylic acids is 2. The van der Waals surface area contributed by atoms with Gasteiger partial charge in [-0.05, 0) is 24.6 Å². The van der Waals surface area contributed by atoms with Crippen molar-refractivity contribution in [3.8, 4) is 0 Å². The molecule has 0 spiro atoms. The number of nitrogens with zero attached hydrogens (tertiary/aromatic N) is 2. The zero-order valence-electron chi connectivity index (χ0n) is 15.2. The molecule has 1 atom stereocenters. The lowest BCUT2D eigenvalue weighted by atomic mass is 10.0. The average Bonchev–Trinajstić information content (AvgIpc) is 2.64. The number of esters is 1. The third-order valence-corrected chi connectivity index (χ3v) is 4.50. The van der Waals surface area contributed by atoms with E-state index < -0.39 is 6.04 Å². The van der Waals surface area contributed by atoms with Crippen molar-refractivity contribution in [2.24, 2.45) is 0 Å². The third kappa shape index (κ3) is 5.59. The highest BCUT2D eigenvalue weighted by Gasteiger charge is 2.32. The van der Waals surface area contributed by atoms with Gasteiger partial charge in [-0.3, -0.25) is 4.90 Å². The van der Waals surface area contributed by atoms with Crippen LogP contribution in [0.15, 0.2) is 24.3 Å². The van der Waals surface area contributed by atoms with Crippen LogP contribution in [-0.4, -0.2) is 74.8 Å². The van der Waals surface area contributed by atoms with E-state index in [9.17, 15) is 9.59 Å². The lowest BCUT2D eigenvalue weighted by Crippen LogP contribution is -2.53. The summed E-state index contributed by atoms with van der Waals surface area (Å²) >= 11 is 5.96. The number of hydrogen-bond donors (Lipinski definition) is 1. The number of methoxy groups -OCH3 is 1. The maximum atomic E-state index is 12.5. The Kier molecular flexibility index (Phi) is 8.15. The Hall–Kier alpha value is -1.83. The molecule has 0 saturated carbocycles. The minimum Gasteiger partial charge on any atom is -0.465 e. The fourth-order valence-electron chi connectivity index (χ4n) is 2.92. The summed E-state index contributed by atoms with van der Waals surface area (Å²) in [4.78, 5) is 28.4. The number of benzene rings is 1. The Morgan fingerprint density at radius 1 is 1.19 bits per heavy atom. The van der Waals surface area contributed by atoms with Gasteiger partial charge in [0.25, 0.3) is 0 Å². The minimum atomic E-state index is -0.495. The lowest BCUT2D eigenvalue weighted by Gasteiger charge is -2.38. The van der Waals surface area contributed by atoms with Crippen LogP contribution in [0.4, 0.5) is 4.79 Å². The highest BCUT2D eigenvalue weighted by molar-refractivity contribution is 6.30. The lowest BCUT2D eigenvalue weighted by molar-refractivity contribution is -0.150. The molecular weight excluding hydrogens is 358 g/mol. The standard InChI is InChI=1S/C18H26ClN3O4/c1-3-26-17(23)16(14-4-6-15(19)7-5-14)21-9-11-22(12-10-21)18(24)20-8-13-25-2/h4-7,16H,3,8-13H2,1-2H3,(H,20,24). The second-order valence-electron chi connectivity index (χ2n) is 5.95. The molecule has 1 saturated heterocycles. The monoisotopic (exact) mass is 383 g/mol. The van der Waals surface area contributed by atoms with Gasteiger partial charge in [-0.1, -0.05) is 23.7 Å². The topological polar surface area (TPSA) is 71.1 Å². The van der Waals surface area contributed by atoms with Crippen LogP contribution in [0.3, 0.4) is 0 Å². The van der Waals surface area contributed by atoms with E-state index in [2.05, 4.69) is 5.32 Å². The van der Waals surface area contributed by atoms with Crippen molar-refractivity contribution < 1.29 is 19.1 Å². The van der Waals surface area contributed by atoms with E-state index in [1.165, 1.54) is 0 Å². The molecule has 1 unspecified atom stereocenters. The van der Waals surface area contributed by atoms with Crippen molar-refractivity contribution in [1.82, 2.24) is 15.1 Å². The third-order valence-electron chi connectivity index (χ3n) is 4.24. The number of piperazine rings is 1. The van der Waals surface area contributed by atoms with Crippen LogP contribution in [0.1, 0.15) is 18.5 Å². The van der Waals surface area contributed by atoms with E-state index in [-0.39, 0.29) is 12.0 Å². The number of carbonyl (C=O) groups is 2. The van der Waals surface area contributed by atoms with E-state index in [0.717, 1.165) is 5.56 Å². The van der Waals surface area contributed by atoms with E-state index in [1.807, 2.05) is 17.0 Å². The molecule has 0 radical (unpaired) electrons. The predicted octanol–water partition coefficient (Wildman–Crippen LogP) is 1.92. The van der Waals surface area contributed by atoms with Crippen LogP contribution in [0.2, 0.25) is 5.02 Å². The van der Waals surface area contributed by atoms with Crippen molar-refractivity contribution >= 4 is 23.6 Å². The first kappa shape index (κ1) is 20.5. The molecule has 1 aliphatic rings. The van der Waals surface area contributed by atoms with Crippen LogP contribution in [0, 0.1) is 0 Å². The zero-order chi connectivity index (χ0) is 18.9. The first-order chi connectivity index (χ1) is 12.6. The molecule has 1 aromatic carbocycles. The highest BCUT2D eigenvalue weighted by Crippen LogP contribution is 2.25. The van der Waals surface area contributed by atoms with Crippen molar-refractivity contribution in [3.63, 3.8) is 0 Å². The molecule has 1 heterocycles. The molecule has 1 fully saturated rings. The first-order valence-corrected chi connectivity index (χ1v) is 9.12. The van der Waals surface area contributed by atoms with Crippen molar-refractivity contribution in [3.05, 3.63) is 34.9 Å². The van der Waals surface area contributed by atoms with Crippen LogP contribution < -0.4 is 5.32 Å². The molecule has 0 aliphatic carbocycles. The molecule has 144 valence electrons. The Labute approximate surface area is 159 Å². The molecule has 2 amide bonds. The molecule has 0 aromatic heterocycles. The smallest absolute Gasteiger partial charge is 0.328 e. The summed E-state index contributed by atoms with van der Waals surface area (Å²) in [6.07, 6.45) is 0. The first-order valence-electron chi connectivity index (χ1n) is 8.74. The summed E-state index contributed by atoms with van der Waals surface area (Å²) in [5, 5.41) is 3.43. The van der Waals surface area contributed by atoms with Gasteiger partial charge in [-0.2, -0.15) is 0 Å². The quantitative estimate of drug-likeness (QED) is 0.575. The number of rotatable bonds is 7. The summed E-state index contributed by atoms with van der Waals surface area (Å²) in [5.41, 5.74) is 0.839. The zero-order valence-corrected chi connectivity index (χ0v) is 16.0. The summed E-state index contributed by atoms with van der Waals surface area (Å²) < 4.78 is 10.2. The highest BCUT2D eigenvalue weighted by atomic mass is 35.5. The van der Waals surface area contributed by atoms with Gasteiger partial charge in [-0.25, -0.2) is 9.59 Å². The molecule has 1 aliphatic heterocycles. The van der Waals surface area contributed by atoms with Crippen molar-refractivity contribution in [2.45, 2.75) is 13.0 Å². The van der Waals surface area contributed by atoms with Gasteiger partial charge in [0.05, 0.1) is 13.2 Å². The number of urea groups is 1. The van der Waals surface area contributed by atoms with E-state index in [4.69, 9.17) is 21.1 Å². The molecular formula is C18H26ClN3O4. The number of halogens is 1. The van der Waals surface area contributed by atoms with Gasteiger partial charge in [0.2, 0.25) is 0 Å². The van der Waals surface area contributed by atoms with Gasteiger partial charge in [0.1, 0.15) is 6.04 Å². The van der Waals surface area contributed by atoms with Crippen LogP contribution >= 0.6 is 11.6 Å². The van der Waals surface area contributed by atoms with E-state index in [1.54, 1.807) is 31.1 Å². The Morgan fingerprint density at radius 2 is 1.85 bits per heavy atom. The van der Waals surface area contributed by atoms with Gasteiger partial charge >= 0.3 is 12.0 Å². The van der Waals surface area contributed by atoms with Crippen molar-refractivity contribution in [1.29, 1.82) is 0 Å². The number of amides is 2. The maximum Gasteiger partial charge on any atom is 0.328 e. The van der Waals surface area contributed by atoms with Gasteiger partial charge in [-0.15, -0.1) is 0 Å². The summed E-state index contributed by atoms with van der Waals surface area (Å²) in [5.74, 6) is -0.284. The Bertz CT molecular complexity index is 589. The minimum absolute atomic E-state index is 0.110. The van der Waals surface area contributed by atoms with E-state index in [0.29, 0.717) is 51.0 Å². The molecule has 0 bridgehead atoms. The molecule has 8 heteroatoms. The average molecular weight is 384 g/mol. The number of ether oxygens (including phenoxy) is 2. The molecule has 26 heavy (non-hydrogen) atoms. The summed E-state index contributed by atoms with van der Waals surface area (Å²) in [6.45, 7) is 5.33. The van der Waals surface area contributed by atoms with Gasteiger partial charge in [0.15, 0.2) is 0 Å². The SMILES string of the molecule is CCOC(=O)C(c1ccc(Cl)cc1)N1CCN(C(=O)NCCOC)CC1.